The van der Waals surface area contributed by atoms with Gasteiger partial charge in [-0.25, -0.2) is 4.68 Å². The predicted molar refractivity (Wildman–Crippen MR) is 99.1 cm³/mol. The van der Waals surface area contributed by atoms with Gasteiger partial charge in [0.1, 0.15) is 0 Å². The van der Waals surface area contributed by atoms with Gasteiger partial charge in [0.05, 0.1) is 11.4 Å². The summed E-state index contributed by atoms with van der Waals surface area (Å²) >= 11 is 4.88. The molecule has 0 atom stereocenters. The Morgan fingerprint density at radius 2 is 1.79 bits per heavy atom. The first-order valence-electron chi connectivity index (χ1n) is 7.04. The van der Waals surface area contributed by atoms with Gasteiger partial charge in [0, 0.05) is 27.5 Å². The minimum atomic E-state index is 0. The topological polar surface area (TPSA) is 69.4 Å². The van der Waals surface area contributed by atoms with Crippen LogP contribution in [0.15, 0.2) is 65.3 Å². The fourth-order valence-electron chi connectivity index (χ4n) is 2.24. The minimum Gasteiger partial charge on any atom is -1.00 e. The van der Waals surface area contributed by atoms with E-state index in [2.05, 4.69) is 15.9 Å². The summed E-state index contributed by atoms with van der Waals surface area (Å²) in [5.41, 5.74) is 9.71. The third kappa shape index (κ3) is 4.41. The normalized spacial score (nSPS) is 10.2. The third-order valence-electron chi connectivity index (χ3n) is 3.32. The zero-order valence-electron chi connectivity index (χ0n) is 12.7. The van der Waals surface area contributed by atoms with Gasteiger partial charge in [-0.05, 0) is 36.0 Å². The first kappa shape index (κ1) is 18.6. The van der Waals surface area contributed by atoms with Crippen LogP contribution in [-0.2, 0) is 5.75 Å². The highest BCUT2D eigenvalue weighted by Gasteiger charge is 2.13. The lowest BCUT2D eigenvalue weighted by atomic mass is 10.1. The van der Waals surface area contributed by atoms with Crippen molar-refractivity contribution < 1.29 is 17.8 Å². The Bertz CT molecular complexity index is 818. The van der Waals surface area contributed by atoms with Gasteiger partial charge in [-0.15, -0.1) is 0 Å². The number of nitrogens with two attached hydrogens (primary N) is 2. The standard InChI is InChI=1S/C17H15BrN4S.ClH/c18-14-8-6-12(7-9-14)16-13(11-23-17(19)20)10-22(21-16)15-4-2-1-3-5-15;/h1-10H,11H2,(H3,19,20);1H. The lowest BCUT2D eigenvalue weighted by molar-refractivity contribution is -0.110. The van der Waals surface area contributed by atoms with Crippen LogP contribution in [-0.4, -0.2) is 14.9 Å². The molecule has 3 aromatic rings. The smallest absolute Gasteiger partial charge is 0.300 e. The highest BCUT2D eigenvalue weighted by atomic mass is 79.9. The highest BCUT2D eigenvalue weighted by Crippen LogP contribution is 2.27. The molecule has 0 aliphatic rings. The average molecular weight is 424 g/mol. The number of benzene rings is 2. The van der Waals surface area contributed by atoms with E-state index in [0.29, 0.717) is 10.9 Å². The van der Waals surface area contributed by atoms with E-state index in [4.69, 9.17) is 16.2 Å². The fraction of sp³-hybridized carbons (Fsp3) is 0.0588. The molecule has 0 saturated heterocycles. The Morgan fingerprint density at radius 3 is 2.42 bits per heavy atom. The highest BCUT2D eigenvalue weighted by molar-refractivity contribution is 9.10. The molecular weight excluding hydrogens is 408 g/mol. The first-order valence-corrected chi connectivity index (χ1v) is 8.82. The first-order chi connectivity index (χ1) is 11.1. The number of amidine groups is 1. The Kier molecular flexibility index (Phi) is 6.48. The molecule has 0 radical (unpaired) electrons. The van der Waals surface area contributed by atoms with Crippen molar-refractivity contribution in [2.45, 2.75) is 5.75 Å². The molecule has 24 heavy (non-hydrogen) atoms. The summed E-state index contributed by atoms with van der Waals surface area (Å²) in [5, 5.41) is 10.7. The van der Waals surface area contributed by atoms with Gasteiger partial charge < -0.3 is 12.4 Å². The minimum absolute atomic E-state index is 0. The Labute approximate surface area is 159 Å². The van der Waals surface area contributed by atoms with Crippen LogP contribution >= 0.6 is 27.7 Å². The number of nitrogens with zero attached hydrogens (tertiary/aromatic N) is 2. The maximum absolute atomic E-state index is 5.59. The van der Waals surface area contributed by atoms with Gasteiger partial charge in [-0.1, -0.05) is 46.3 Å². The molecule has 124 valence electrons. The molecule has 4 N–H and O–H groups in total. The summed E-state index contributed by atoms with van der Waals surface area (Å²) in [4.78, 5) is 0. The van der Waals surface area contributed by atoms with Crippen molar-refractivity contribution in [1.82, 2.24) is 9.78 Å². The van der Waals surface area contributed by atoms with Crippen molar-refractivity contribution in [2.24, 2.45) is 5.73 Å². The molecule has 4 nitrogen and oxygen atoms in total. The fourth-order valence-corrected chi connectivity index (χ4v) is 3.04. The zero-order chi connectivity index (χ0) is 16.2. The molecule has 3 rings (SSSR count). The van der Waals surface area contributed by atoms with Crippen LogP contribution in [0.25, 0.3) is 16.9 Å². The van der Waals surface area contributed by atoms with E-state index >= 15 is 0 Å². The van der Waals surface area contributed by atoms with Crippen LogP contribution in [0.5, 0.6) is 0 Å². The Balaban J connectivity index is 0.00000208. The summed E-state index contributed by atoms with van der Waals surface area (Å²) in [6.45, 7) is 0. The van der Waals surface area contributed by atoms with E-state index < -0.39 is 0 Å². The third-order valence-corrected chi connectivity index (χ3v) is 4.64. The van der Waals surface area contributed by atoms with Crippen LogP contribution in [0.3, 0.4) is 0 Å². The van der Waals surface area contributed by atoms with Crippen molar-refractivity contribution in [3.05, 3.63) is 70.8 Å². The summed E-state index contributed by atoms with van der Waals surface area (Å²) < 4.78 is 2.93. The number of hydrogen-bond donors (Lipinski definition) is 2. The second kappa shape index (κ2) is 8.37. The maximum atomic E-state index is 5.59. The van der Waals surface area contributed by atoms with Crippen LogP contribution < -0.4 is 23.5 Å². The predicted octanol–water partition coefficient (Wildman–Crippen LogP) is -0.387. The van der Waals surface area contributed by atoms with Crippen molar-refractivity contribution in [2.75, 3.05) is 0 Å². The van der Waals surface area contributed by atoms with Crippen LogP contribution in [0.2, 0.25) is 0 Å². The second-order valence-corrected chi connectivity index (χ2v) is 6.95. The van der Waals surface area contributed by atoms with Gasteiger partial charge in [-0.3, -0.25) is 11.1 Å². The van der Waals surface area contributed by atoms with E-state index in [-0.39, 0.29) is 12.4 Å². The lowest BCUT2D eigenvalue weighted by Gasteiger charge is -2.01. The van der Waals surface area contributed by atoms with E-state index in [1.165, 1.54) is 11.8 Å². The number of hydrogen-bond acceptors (Lipinski definition) is 2. The van der Waals surface area contributed by atoms with Crippen molar-refractivity contribution in [3.8, 4) is 16.9 Å². The molecule has 0 bridgehead atoms. The number of halogens is 2. The molecule has 0 amide bonds. The zero-order valence-corrected chi connectivity index (χ0v) is 15.9. The maximum Gasteiger partial charge on any atom is 0.300 e. The Morgan fingerprint density at radius 1 is 1.12 bits per heavy atom. The second-order valence-electron chi connectivity index (χ2n) is 4.98. The lowest BCUT2D eigenvalue weighted by Crippen LogP contribution is -3.00. The van der Waals surface area contributed by atoms with Gasteiger partial charge in [0.25, 0.3) is 5.17 Å². The number of para-hydroxylation sites is 1. The number of rotatable bonds is 4. The van der Waals surface area contributed by atoms with Gasteiger partial charge in [-0.2, -0.15) is 5.10 Å². The van der Waals surface area contributed by atoms with Crippen LogP contribution in [0, 0.1) is 0 Å². The van der Waals surface area contributed by atoms with Crippen molar-refractivity contribution in [3.63, 3.8) is 0 Å². The molecule has 0 saturated carbocycles. The van der Waals surface area contributed by atoms with E-state index in [1.54, 1.807) is 0 Å². The number of thioether (sulfide) groups is 1. The summed E-state index contributed by atoms with van der Waals surface area (Å²) in [7, 11) is 0. The molecule has 0 aliphatic heterocycles. The summed E-state index contributed by atoms with van der Waals surface area (Å²) in [5.74, 6) is 0.681. The van der Waals surface area contributed by atoms with Crippen LogP contribution in [0.1, 0.15) is 5.56 Å². The largest absolute Gasteiger partial charge is 1.00 e. The van der Waals surface area contributed by atoms with Gasteiger partial charge in [0.15, 0.2) is 0 Å². The molecular formula is C17H16BrClN4S. The van der Waals surface area contributed by atoms with Gasteiger partial charge in [0.2, 0.25) is 0 Å². The monoisotopic (exact) mass is 422 g/mol. The molecule has 1 heterocycles. The summed E-state index contributed by atoms with van der Waals surface area (Å²) in [6, 6.07) is 18.2. The molecule has 0 unspecified atom stereocenters. The quantitative estimate of drug-likeness (QED) is 0.444. The molecule has 7 heteroatoms. The molecule has 2 aromatic carbocycles. The molecule has 0 spiro atoms. The molecule has 0 aliphatic carbocycles. The van der Waals surface area contributed by atoms with E-state index in [9.17, 15) is 0 Å². The van der Waals surface area contributed by atoms with Crippen molar-refractivity contribution >= 4 is 32.9 Å². The molecule has 1 aromatic heterocycles. The van der Waals surface area contributed by atoms with Gasteiger partial charge >= 0.3 is 0 Å². The number of aromatic nitrogens is 2. The molecule has 0 fully saturated rings. The van der Waals surface area contributed by atoms with E-state index in [0.717, 1.165) is 27.0 Å². The van der Waals surface area contributed by atoms with E-state index in [1.807, 2.05) is 65.5 Å². The average Bonchev–Trinajstić information content (AvgIpc) is 2.99. The SMILES string of the molecule is NC(=[NH2+])SCc1cn(-c2ccccc2)nc1-c1ccc(Br)cc1.[Cl-]. The van der Waals surface area contributed by atoms with Crippen LogP contribution in [0.4, 0.5) is 0 Å². The summed E-state index contributed by atoms with van der Waals surface area (Å²) in [6.07, 6.45) is 2.03. The van der Waals surface area contributed by atoms with Crippen molar-refractivity contribution in [1.29, 1.82) is 0 Å². The Hall–Kier alpha value is -1.76.